The van der Waals surface area contributed by atoms with Crippen molar-refractivity contribution < 1.29 is 9.59 Å². The maximum Gasteiger partial charge on any atom is 0.236 e. The lowest BCUT2D eigenvalue weighted by Crippen LogP contribution is -2.43. The first kappa shape index (κ1) is 21.6. The van der Waals surface area contributed by atoms with Gasteiger partial charge < -0.3 is 4.90 Å². The molecule has 1 saturated heterocycles. The zero-order valence-corrected chi connectivity index (χ0v) is 18.8. The SMILES string of the molecule is CSC(C)C(=O)N1CCCCC1c1nc(-c2ccc(C)cc2)cn1C(=O)C(C)C. The first-order chi connectivity index (χ1) is 13.8. The molecule has 29 heavy (non-hydrogen) atoms. The van der Waals surface area contributed by atoms with Gasteiger partial charge in [-0.1, -0.05) is 43.7 Å². The number of rotatable bonds is 5. The molecule has 1 aromatic heterocycles. The number of nitrogens with zero attached hydrogens (tertiary/aromatic N) is 3. The number of imidazole rings is 1. The molecule has 5 nitrogen and oxygen atoms in total. The summed E-state index contributed by atoms with van der Waals surface area (Å²) in [5, 5.41) is -0.101. The number of carbonyl (C=O) groups is 2. The minimum Gasteiger partial charge on any atom is -0.332 e. The minimum atomic E-state index is -0.159. The Balaban J connectivity index is 2.06. The molecule has 3 rings (SSSR count). The van der Waals surface area contributed by atoms with Crippen LogP contribution >= 0.6 is 11.8 Å². The van der Waals surface area contributed by atoms with Crippen molar-refractivity contribution in [1.29, 1.82) is 0 Å². The van der Waals surface area contributed by atoms with Crippen LogP contribution in [0.5, 0.6) is 0 Å². The normalized spacial score (nSPS) is 18.1. The molecular weight excluding hydrogens is 382 g/mol. The average molecular weight is 414 g/mol. The van der Waals surface area contributed by atoms with Gasteiger partial charge in [0.1, 0.15) is 5.82 Å². The van der Waals surface area contributed by atoms with Crippen LogP contribution in [0.25, 0.3) is 11.3 Å². The lowest BCUT2D eigenvalue weighted by molar-refractivity contribution is -0.134. The Morgan fingerprint density at radius 1 is 1.10 bits per heavy atom. The van der Waals surface area contributed by atoms with Gasteiger partial charge in [-0.25, -0.2) is 4.98 Å². The van der Waals surface area contributed by atoms with Gasteiger partial charge in [0, 0.05) is 24.2 Å². The fourth-order valence-corrected chi connectivity index (χ4v) is 4.08. The second-order valence-electron chi connectivity index (χ2n) is 8.13. The smallest absolute Gasteiger partial charge is 0.236 e. The number of carbonyl (C=O) groups excluding carboxylic acids is 2. The quantitative estimate of drug-likeness (QED) is 0.695. The van der Waals surface area contributed by atoms with Gasteiger partial charge in [0.2, 0.25) is 11.8 Å². The first-order valence-corrected chi connectivity index (χ1v) is 11.7. The number of aromatic nitrogens is 2. The predicted molar refractivity (Wildman–Crippen MR) is 119 cm³/mol. The first-order valence-electron chi connectivity index (χ1n) is 10.4. The highest BCUT2D eigenvalue weighted by Gasteiger charge is 2.34. The summed E-state index contributed by atoms with van der Waals surface area (Å²) < 4.78 is 1.69. The number of hydrogen-bond donors (Lipinski definition) is 0. The highest BCUT2D eigenvalue weighted by atomic mass is 32.2. The molecule has 2 heterocycles. The molecule has 2 atom stereocenters. The molecule has 156 valence electrons. The van der Waals surface area contributed by atoms with Gasteiger partial charge in [-0.2, -0.15) is 11.8 Å². The van der Waals surface area contributed by atoms with Crippen LogP contribution in [0.2, 0.25) is 0 Å². The number of aryl methyl sites for hydroxylation is 1. The van der Waals surface area contributed by atoms with E-state index in [1.807, 2.05) is 50.3 Å². The monoisotopic (exact) mass is 413 g/mol. The summed E-state index contributed by atoms with van der Waals surface area (Å²) in [4.78, 5) is 32.9. The van der Waals surface area contributed by atoms with E-state index in [0.717, 1.165) is 37.1 Å². The van der Waals surface area contributed by atoms with Crippen molar-refractivity contribution in [1.82, 2.24) is 14.5 Å². The van der Waals surface area contributed by atoms with E-state index in [9.17, 15) is 9.59 Å². The fraction of sp³-hybridized carbons (Fsp3) is 0.522. The molecule has 0 aliphatic carbocycles. The van der Waals surface area contributed by atoms with Gasteiger partial charge in [0.05, 0.1) is 17.0 Å². The highest BCUT2D eigenvalue weighted by molar-refractivity contribution is 7.99. The summed E-state index contributed by atoms with van der Waals surface area (Å²) in [6.07, 6.45) is 6.66. The second kappa shape index (κ2) is 9.16. The topological polar surface area (TPSA) is 55.2 Å². The van der Waals surface area contributed by atoms with E-state index in [0.29, 0.717) is 5.82 Å². The predicted octanol–water partition coefficient (Wildman–Crippen LogP) is 4.96. The largest absolute Gasteiger partial charge is 0.332 e. The van der Waals surface area contributed by atoms with E-state index in [4.69, 9.17) is 4.98 Å². The highest BCUT2D eigenvalue weighted by Crippen LogP contribution is 2.34. The number of likely N-dealkylation sites (tertiary alicyclic amines) is 1. The maximum atomic E-state index is 13.0. The van der Waals surface area contributed by atoms with Gasteiger partial charge in [0.15, 0.2) is 0 Å². The standard InChI is InChI=1S/C23H31N3O2S/c1-15(2)22(27)26-14-19(18-11-9-16(3)10-12-18)24-21(26)20-8-6-7-13-25(20)23(28)17(4)29-5/h9-12,14-15,17,20H,6-8,13H2,1-5H3. The summed E-state index contributed by atoms with van der Waals surface area (Å²) in [5.41, 5.74) is 2.95. The van der Waals surface area contributed by atoms with Crippen LogP contribution in [0.1, 0.15) is 62.3 Å². The number of amides is 1. The third kappa shape index (κ3) is 4.58. The summed E-state index contributed by atoms with van der Waals surface area (Å²) in [7, 11) is 0. The Morgan fingerprint density at radius 3 is 2.41 bits per heavy atom. The van der Waals surface area contributed by atoms with Crippen LogP contribution in [0, 0.1) is 12.8 Å². The zero-order valence-electron chi connectivity index (χ0n) is 18.0. The molecule has 0 radical (unpaired) electrons. The van der Waals surface area contributed by atoms with Gasteiger partial charge in [-0.3, -0.25) is 14.2 Å². The fourth-order valence-electron chi connectivity index (χ4n) is 3.75. The molecule has 2 unspecified atom stereocenters. The van der Waals surface area contributed by atoms with E-state index in [-0.39, 0.29) is 29.0 Å². The lowest BCUT2D eigenvalue weighted by Gasteiger charge is -2.36. The third-order valence-corrected chi connectivity index (χ3v) is 6.51. The van der Waals surface area contributed by atoms with Crippen LogP contribution in [0.3, 0.4) is 0 Å². The molecular formula is C23H31N3O2S. The number of thioether (sulfide) groups is 1. The van der Waals surface area contributed by atoms with E-state index in [1.165, 1.54) is 5.56 Å². The molecule has 0 saturated carbocycles. The van der Waals surface area contributed by atoms with Gasteiger partial charge in [0.25, 0.3) is 0 Å². The Morgan fingerprint density at radius 2 is 1.79 bits per heavy atom. The van der Waals surface area contributed by atoms with Crippen molar-refractivity contribution in [3.8, 4) is 11.3 Å². The summed E-state index contributed by atoms with van der Waals surface area (Å²) in [5.74, 6) is 0.694. The van der Waals surface area contributed by atoms with Crippen LogP contribution in [0.4, 0.5) is 0 Å². The number of piperidine rings is 1. The van der Waals surface area contributed by atoms with E-state index in [1.54, 1.807) is 16.3 Å². The summed E-state index contributed by atoms with van der Waals surface area (Å²) in [6, 6.07) is 8.01. The van der Waals surface area contributed by atoms with Gasteiger partial charge in [-0.05, 0) is 39.4 Å². The molecule has 1 aliphatic rings. The van der Waals surface area contributed by atoms with Crippen molar-refractivity contribution in [2.45, 2.75) is 58.2 Å². The lowest BCUT2D eigenvalue weighted by atomic mass is 10.0. The molecule has 2 aromatic rings. The Bertz CT molecular complexity index is 873. The molecule has 1 aromatic carbocycles. The minimum absolute atomic E-state index is 0.0155. The number of benzene rings is 1. The van der Waals surface area contributed by atoms with E-state index in [2.05, 4.69) is 19.1 Å². The average Bonchev–Trinajstić information content (AvgIpc) is 3.17. The number of hydrogen-bond acceptors (Lipinski definition) is 4. The van der Waals surface area contributed by atoms with Gasteiger partial charge >= 0.3 is 0 Å². The molecule has 0 N–H and O–H groups in total. The van der Waals surface area contributed by atoms with Crippen molar-refractivity contribution >= 4 is 23.6 Å². The van der Waals surface area contributed by atoms with Crippen LogP contribution < -0.4 is 0 Å². The van der Waals surface area contributed by atoms with Gasteiger partial charge in [-0.15, -0.1) is 0 Å². The van der Waals surface area contributed by atoms with Crippen molar-refractivity contribution in [3.05, 3.63) is 41.9 Å². The summed E-state index contributed by atoms with van der Waals surface area (Å²) in [6.45, 7) is 8.52. The maximum absolute atomic E-state index is 13.0. The molecule has 1 aliphatic heterocycles. The Labute approximate surface area is 177 Å². The van der Waals surface area contributed by atoms with Crippen molar-refractivity contribution in [2.75, 3.05) is 12.8 Å². The van der Waals surface area contributed by atoms with Crippen LogP contribution in [-0.2, 0) is 4.79 Å². The Hall–Kier alpha value is -2.08. The van der Waals surface area contributed by atoms with E-state index >= 15 is 0 Å². The molecule has 0 spiro atoms. The molecule has 0 bridgehead atoms. The summed E-state index contributed by atoms with van der Waals surface area (Å²) >= 11 is 1.56. The molecule has 1 amide bonds. The molecule has 1 fully saturated rings. The second-order valence-corrected chi connectivity index (χ2v) is 9.31. The zero-order chi connectivity index (χ0) is 21.1. The molecule has 6 heteroatoms. The Kier molecular flexibility index (Phi) is 6.83. The van der Waals surface area contributed by atoms with Crippen molar-refractivity contribution in [2.24, 2.45) is 5.92 Å². The third-order valence-electron chi connectivity index (χ3n) is 5.60. The van der Waals surface area contributed by atoms with Crippen LogP contribution in [-0.4, -0.2) is 44.3 Å². The van der Waals surface area contributed by atoms with E-state index < -0.39 is 0 Å². The van der Waals surface area contributed by atoms with Crippen LogP contribution in [0.15, 0.2) is 30.5 Å². The van der Waals surface area contributed by atoms with Crippen molar-refractivity contribution in [3.63, 3.8) is 0 Å².